The predicted molar refractivity (Wildman–Crippen MR) is 162 cm³/mol. The maximum Gasteiger partial charge on any atom is 0.112 e. The molecule has 3 nitrogen and oxygen atoms in total. The summed E-state index contributed by atoms with van der Waals surface area (Å²) in [6, 6.07) is 9.07. The molecule has 2 aliphatic rings. The van der Waals surface area contributed by atoms with Crippen LogP contribution in [0.4, 0.5) is 0 Å². The third-order valence-corrected chi connectivity index (χ3v) is 7.30. The van der Waals surface area contributed by atoms with E-state index in [-0.39, 0.29) is 24.4 Å². The lowest BCUT2D eigenvalue weighted by Gasteiger charge is -2.30. The van der Waals surface area contributed by atoms with Crippen LogP contribution >= 0.6 is 0 Å². The zero-order chi connectivity index (χ0) is 27.8. The van der Waals surface area contributed by atoms with Crippen LogP contribution in [0.25, 0.3) is 0 Å². The van der Waals surface area contributed by atoms with Gasteiger partial charge in [0, 0.05) is 0 Å². The molecule has 0 spiro atoms. The second-order valence-electron chi connectivity index (χ2n) is 10.3. The van der Waals surface area contributed by atoms with Gasteiger partial charge < -0.3 is 14.2 Å². The Labute approximate surface area is 234 Å². The van der Waals surface area contributed by atoms with Crippen molar-refractivity contribution in [3.63, 3.8) is 0 Å². The van der Waals surface area contributed by atoms with Gasteiger partial charge in [-0.2, -0.15) is 0 Å². The summed E-state index contributed by atoms with van der Waals surface area (Å²) in [7, 11) is 0. The van der Waals surface area contributed by atoms with Crippen molar-refractivity contribution in [2.24, 2.45) is 0 Å². The van der Waals surface area contributed by atoms with E-state index in [1.165, 1.54) is 44.5 Å². The van der Waals surface area contributed by atoms with E-state index in [0.29, 0.717) is 13.2 Å². The molecule has 2 aromatic rings. The summed E-state index contributed by atoms with van der Waals surface area (Å²) in [5.41, 5.74) is 9.72. The minimum atomic E-state index is -0.233. The standard InChI is InChI=1S/C36H42O3/c1-7-13-25-19-27(15-9-3)33(28(20-25)16-10-4)35(31-23-37-31)39-36(32-24-38-32)34-29(17-11-5)21-26(14-8-2)22-30(34)18-12-6/h7-12,19-22,31-32,35-36H,1-6,13-18,23-24H2. The van der Waals surface area contributed by atoms with Gasteiger partial charge in [0.1, 0.15) is 24.4 Å². The van der Waals surface area contributed by atoms with Crippen molar-refractivity contribution in [2.75, 3.05) is 13.2 Å². The van der Waals surface area contributed by atoms with Crippen molar-refractivity contribution in [1.82, 2.24) is 0 Å². The second kappa shape index (κ2) is 13.7. The zero-order valence-corrected chi connectivity index (χ0v) is 23.2. The van der Waals surface area contributed by atoms with E-state index in [4.69, 9.17) is 14.2 Å². The lowest BCUT2D eigenvalue weighted by molar-refractivity contribution is -0.0432. The normalized spacial score (nSPS) is 19.0. The fourth-order valence-electron chi connectivity index (χ4n) is 5.60. The Bertz CT molecular complexity index is 1070. The Hall–Kier alpha value is -3.24. The summed E-state index contributed by atoms with van der Waals surface area (Å²) in [5.74, 6) is 0. The molecule has 2 aliphatic heterocycles. The lowest BCUT2D eigenvalue weighted by atomic mass is 9.87. The number of hydrogen-bond acceptors (Lipinski definition) is 3. The SMILES string of the molecule is C=CCc1cc(CC=C)c(C(OC(c2c(CC=C)cc(CC=C)cc2CC=C)C2CO2)C2CO2)c(CC=C)c1. The van der Waals surface area contributed by atoms with E-state index >= 15 is 0 Å². The first-order valence-electron chi connectivity index (χ1n) is 13.9. The molecule has 204 valence electrons. The van der Waals surface area contributed by atoms with Gasteiger partial charge in [0.05, 0.1) is 13.2 Å². The van der Waals surface area contributed by atoms with Crippen LogP contribution < -0.4 is 0 Å². The fraction of sp³-hybridized carbons (Fsp3) is 0.333. The number of rotatable bonds is 18. The van der Waals surface area contributed by atoms with Gasteiger partial charge in [0.15, 0.2) is 0 Å². The maximum atomic E-state index is 7.19. The second-order valence-corrected chi connectivity index (χ2v) is 10.3. The minimum absolute atomic E-state index is 0.00520. The van der Waals surface area contributed by atoms with Gasteiger partial charge in [-0.25, -0.2) is 0 Å². The molecule has 4 atom stereocenters. The van der Waals surface area contributed by atoms with E-state index in [1.807, 2.05) is 36.5 Å². The van der Waals surface area contributed by atoms with Crippen LogP contribution in [0.15, 0.2) is 100 Å². The number of allylic oxidation sites excluding steroid dienone is 6. The zero-order valence-electron chi connectivity index (χ0n) is 23.2. The van der Waals surface area contributed by atoms with Crippen molar-refractivity contribution in [3.8, 4) is 0 Å². The molecule has 0 amide bonds. The Morgan fingerprint density at radius 1 is 0.564 bits per heavy atom. The van der Waals surface area contributed by atoms with E-state index in [2.05, 4.69) is 63.7 Å². The molecule has 2 saturated heterocycles. The van der Waals surface area contributed by atoms with Gasteiger partial charge in [-0.05, 0) is 83.0 Å². The first-order chi connectivity index (χ1) is 19.1. The maximum absolute atomic E-state index is 7.19. The molecule has 0 aliphatic carbocycles. The van der Waals surface area contributed by atoms with Gasteiger partial charge >= 0.3 is 0 Å². The van der Waals surface area contributed by atoms with Crippen LogP contribution in [0.5, 0.6) is 0 Å². The van der Waals surface area contributed by atoms with Crippen LogP contribution in [0.3, 0.4) is 0 Å². The molecule has 4 rings (SSSR count). The predicted octanol–water partition coefficient (Wildman–Crippen LogP) is 7.65. The highest BCUT2D eigenvalue weighted by Crippen LogP contribution is 2.45. The molecule has 0 aromatic heterocycles. The Kier molecular flexibility index (Phi) is 10.1. The van der Waals surface area contributed by atoms with Crippen molar-refractivity contribution >= 4 is 0 Å². The topological polar surface area (TPSA) is 34.3 Å². The van der Waals surface area contributed by atoms with Gasteiger partial charge in [-0.3, -0.25) is 0 Å². The first-order valence-corrected chi connectivity index (χ1v) is 13.9. The summed E-state index contributed by atoms with van der Waals surface area (Å²) < 4.78 is 19.1. The molecule has 0 bridgehead atoms. The number of benzene rings is 2. The number of epoxide rings is 2. The van der Waals surface area contributed by atoms with Crippen molar-refractivity contribution in [2.45, 2.75) is 62.9 Å². The number of hydrogen-bond donors (Lipinski definition) is 0. The van der Waals surface area contributed by atoms with Crippen molar-refractivity contribution in [1.29, 1.82) is 0 Å². The molecule has 39 heavy (non-hydrogen) atoms. The Balaban J connectivity index is 1.85. The molecule has 2 fully saturated rings. The quantitative estimate of drug-likeness (QED) is 0.149. The first kappa shape index (κ1) is 28.8. The molecule has 0 N–H and O–H groups in total. The van der Waals surface area contributed by atoms with Crippen LogP contribution in [-0.2, 0) is 52.7 Å². The molecule has 4 unspecified atom stereocenters. The van der Waals surface area contributed by atoms with E-state index in [9.17, 15) is 0 Å². The highest BCUT2D eigenvalue weighted by atomic mass is 16.6. The van der Waals surface area contributed by atoms with Crippen molar-refractivity contribution in [3.05, 3.63) is 145 Å². The summed E-state index contributed by atoms with van der Waals surface area (Å²) in [6.45, 7) is 25.4. The van der Waals surface area contributed by atoms with Gasteiger partial charge in [0.25, 0.3) is 0 Å². The smallest absolute Gasteiger partial charge is 0.112 e. The van der Waals surface area contributed by atoms with Crippen LogP contribution in [-0.4, -0.2) is 25.4 Å². The average molecular weight is 523 g/mol. The van der Waals surface area contributed by atoms with E-state index < -0.39 is 0 Å². The molecular weight excluding hydrogens is 480 g/mol. The summed E-state index contributed by atoms with van der Waals surface area (Å²) in [4.78, 5) is 0. The molecule has 0 saturated carbocycles. The van der Waals surface area contributed by atoms with Crippen LogP contribution in [0.2, 0.25) is 0 Å². The summed E-state index contributed by atoms with van der Waals surface area (Å²) in [5, 5.41) is 0. The fourth-order valence-corrected chi connectivity index (χ4v) is 5.60. The lowest BCUT2D eigenvalue weighted by Crippen LogP contribution is -2.23. The van der Waals surface area contributed by atoms with Crippen LogP contribution in [0.1, 0.15) is 56.7 Å². The van der Waals surface area contributed by atoms with Crippen molar-refractivity contribution < 1.29 is 14.2 Å². The van der Waals surface area contributed by atoms with E-state index in [0.717, 1.165) is 38.5 Å². The van der Waals surface area contributed by atoms with Gasteiger partial charge in [0.2, 0.25) is 0 Å². The molecule has 0 radical (unpaired) electrons. The third-order valence-electron chi connectivity index (χ3n) is 7.30. The van der Waals surface area contributed by atoms with E-state index in [1.54, 1.807) is 0 Å². The largest absolute Gasteiger partial charge is 0.370 e. The summed E-state index contributed by atoms with van der Waals surface area (Å²) in [6.07, 6.45) is 15.9. The van der Waals surface area contributed by atoms with Gasteiger partial charge in [-0.15, -0.1) is 39.5 Å². The third kappa shape index (κ3) is 7.05. The Morgan fingerprint density at radius 2 is 0.846 bits per heavy atom. The average Bonchev–Trinajstić information content (AvgIpc) is 3.82. The molecule has 2 heterocycles. The molecular formula is C36H42O3. The van der Waals surface area contributed by atoms with Gasteiger partial charge in [-0.1, -0.05) is 60.7 Å². The Morgan fingerprint density at radius 3 is 1.08 bits per heavy atom. The van der Waals surface area contributed by atoms with Crippen LogP contribution in [0, 0.1) is 0 Å². The number of ether oxygens (including phenoxy) is 3. The molecule has 3 heteroatoms. The highest BCUT2D eigenvalue weighted by molar-refractivity contribution is 5.46. The monoisotopic (exact) mass is 522 g/mol. The minimum Gasteiger partial charge on any atom is -0.370 e. The molecule has 2 aromatic carbocycles. The highest BCUT2D eigenvalue weighted by Gasteiger charge is 2.44. The summed E-state index contributed by atoms with van der Waals surface area (Å²) >= 11 is 0.